The molecule has 1 aliphatic rings. The Morgan fingerprint density at radius 2 is 2.25 bits per heavy atom. The highest BCUT2D eigenvalue weighted by atomic mass is 16.4. The van der Waals surface area contributed by atoms with Gasteiger partial charge in [-0.1, -0.05) is 5.21 Å². The summed E-state index contributed by atoms with van der Waals surface area (Å²) < 4.78 is 1.64. The van der Waals surface area contributed by atoms with Crippen molar-refractivity contribution in [1.82, 2.24) is 25.2 Å². The molecule has 1 aromatic heterocycles. The Morgan fingerprint density at radius 3 is 2.90 bits per heavy atom. The first kappa shape index (κ1) is 14.3. The molecule has 2 amide bonds. The Balaban J connectivity index is 1.75. The van der Waals surface area contributed by atoms with Crippen LogP contribution in [0.25, 0.3) is 0 Å². The molecule has 1 fully saturated rings. The van der Waals surface area contributed by atoms with Crippen LogP contribution in [0.5, 0.6) is 0 Å². The van der Waals surface area contributed by atoms with Crippen LogP contribution in [0.2, 0.25) is 0 Å². The van der Waals surface area contributed by atoms with Crippen LogP contribution in [0.1, 0.15) is 12.8 Å². The number of aliphatic hydroxyl groups excluding tert-OH is 1. The number of rotatable bonds is 5. The molecule has 9 nitrogen and oxygen atoms in total. The summed E-state index contributed by atoms with van der Waals surface area (Å²) in [6, 6.07) is -1.42. The van der Waals surface area contributed by atoms with E-state index in [9.17, 15) is 14.7 Å². The number of aryl methyl sites for hydroxylation is 1. The van der Waals surface area contributed by atoms with Gasteiger partial charge in [-0.2, -0.15) is 0 Å². The van der Waals surface area contributed by atoms with Gasteiger partial charge >= 0.3 is 12.0 Å². The minimum Gasteiger partial charge on any atom is -0.480 e. The number of likely N-dealkylation sites (tertiary alicyclic amines) is 1. The Hall–Kier alpha value is -2.16. The second-order valence-electron chi connectivity index (χ2n) is 4.65. The molecular weight excluding hydrogens is 266 g/mol. The Bertz CT molecular complexity index is 463. The quantitative estimate of drug-likeness (QED) is 0.590. The molecule has 9 heteroatoms. The molecule has 1 saturated heterocycles. The maximum Gasteiger partial charge on any atom is 0.326 e. The number of carbonyl (C=O) groups excluding carboxylic acids is 1. The normalized spacial score (nSPS) is 21.9. The largest absolute Gasteiger partial charge is 0.480 e. The molecule has 3 N–H and O–H groups in total. The summed E-state index contributed by atoms with van der Waals surface area (Å²) in [5.41, 5.74) is 0. The van der Waals surface area contributed by atoms with Gasteiger partial charge in [0.05, 0.1) is 12.3 Å². The number of aliphatic carboxylic acids is 1. The fraction of sp³-hybridized carbons (Fsp3) is 0.636. The Morgan fingerprint density at radius 1 is 1.45 bits per heavy atom. The minimum absolute atomic E-state index is 0.0475. The maximum atomic E-state index is 11.9. The van der Waals surface area contributed by atoms with Crippen LogP contribution in [-0.4, -0.2) is 67.3 Å². The molecule has 2 rings (SSSR count). The van der Waals surface area contributed by atoms with E-state index in [0.29, 0.717) is 19.5 Å². The Kier molecular flexibility index (Phi) is 4.51. The van der Waals surface area contributed by atoms with Gasteiger partial charge in [-0.05, 0) is 6.42 Å². The zero-order valence-electron chi connectivity index (χ0n) is 10.8. The number of carbonyl (C=O) groups is 2. The lowest BCUT2D eigenvalue weighted by Gasteiger charge is -2.21. The SMILES string of the molecule is O=C(O)[C@@H]1CC(O)CN1C(=O)NCCCn1ccnn1. The average Bonchev–Trinajstić information content (AvgIpc) is 3.03. The first-order valence-corrected chi connectivity index (χ1v) is 6.37. The van der Waals surface area contributed by atoms with Crippen LogP contribution in [0, 0.1) is 0 Å². The van der Waals surface area contributed by atoms with Gasteiger partial charge in [0.25, 0.3) is 0 Å². The summed E-state index contributed by atoms with van der Waals surface area (Å²) in [5, 5.41) is 28.5. The topological polar surface area (TPSA) is 121 Å². The first-order valence-electron chi connectivity index (χ1n) is 6.37. The number of urea groups is 1. The fourth-order valence-corrected chi connectivity index (χ4v) is 2.16. The van der Waals surface area contributed by atoms with Crippen molar-refractivity contribution in [2.45, 2.75) is 31.5 Å². The van der Waals surface area contributed by atoms with Crippen LogP contribution in [0.4, 0.5) is 4.79 Å². The molecule has 2 atom stereocenters. The van der Waals surface area contributed by atoms with E-state index in [1.54, 1.807) is 17.1 Å². The fourth-order valence-electron chi connectivity index (χ4n) is 2.16. The second-order valence-corrected chi connectivity index (χ2v) is 4.65. The molecular formula is C11H17N5O4. The molecule has 110 valence electrons. The molecule has 0 radical (unpaired) electrons. The van der Waals surface area contributed by atoms with E-state index in [4.69, 9.17) is 5.11 Å². The maximum absolute atomic E-state index is 11.9. The molecule has 1 unspecified atom stereocenters. The van der Waals surface area contributed by atoms with Gasteiger partial charge in [0.15, 0.2) is 0 Å². The van der Waals surface area contributed by atoms with Crippen molar-refractivity contribution in [3.8, 4) is 0 Å². The van der Waals surface area contributed by atoms with Crippen molar-refractivity contribution >= 4 is 12.0 Å². The van der Waals surface area contributed by atoms with Crippen molar-refractivity contribution in [3.05, 3.63) is 12.4 Å². The van der Waals surface area contributed by atoms with Crippen LogP contribution in [0.3, 0.4) is 0 Å². The van der Waals surface area contributed by atoms with E-state index < -0.39 is 24.1 Å². The van der Waals surface area contributed by atoms with Crippen LogP contribution in [0.15, 0.2) is 12.4 Å². The van der Waals surface area contributed by atoms with E-state index in [1.165, 1.54) is 0 Å². The van der Waals surface area contributed by atoms with Crippen LogP contribution >= 0.6 is 0 Å². The van der Waals surface area contributed by atoms with E-state index in [-0.39, 0.29) is 13.0 Å². The third-order valence-corrected chi connectivity index (χ3v) is 3.14. The lowest BCUT2D eigenvalue weighted by Crippen LogP contribution is -2.46. The Labute approximate surface area is 115 Å². The molecule has 0 spiro atoms. The zero-order valence-corrected chi connectivity index (χ0v) is 10.8. The lowest BCUT2D eigenvalue weighted by atomic mass is 10.2. The average molecular weight is 283 g/mol. The number of nitrogens with zero attached hydrogens (tertiary/aromatic N) is 4. The van der Waals surface area contributed by atoms with Gasteiger partial charge < -0.3 is 20.4 Å². The number of aliphatic hydroxyl groups is 1. The summed E-state index contributed by atoms with van der Waals surface area (Å²) in [4.78, 5) is 24.0. The second kappa shape index (κ2) is 6.33. The van der Waals surface area contributed by atoms with Crippen molar-refractivity contribution in [2.75, 3.05) is 13.1 Å². The highest BCUT2D eigenvalue weighted by Gasteiger charge is 2.38. The van der Waals surface area contributed by atoms with Gasteiger partial charge in [0.1, 0.15) is 6.04 Å². The number of hydrogen-bond donors (Lipinski definition) is 3. The first-order chi connectivity index (χ1) is 9.58. The number of aromatic nitrogens is 3. The number of carboxylic acid groups (broad SMARTS) is 1. The van der Waals surface area contributed by atoms with Gasteiger partial charge in [0.2, 0.25) is 0 Å². The zero-order chi connectivity index (χ0) is 14.5. The minimum atomic E-state index is -1.10. The number of β-amino-alcohol motifs (C(OH)–C–C–N with tert-alkyl or cyclic N) is 1. The van der Waals surface area contributed by atoms with E-state index in [1.807, 2.05) is 0 Å². The third kappa shape index (κ3) is 3.44. The molecule has 2 heterocycles. The van der Waals surface area contributed by atoms with Gasteiger partial charge in [-0.15, -0.1) is 5.10 Å². The van der Waals surface area contributed by atoms with Gasteiger partial charge in [-0.3, -0.25) is 4.68 Å². The summed E-state index contributed by atoms with van der Waals surface area (Å²) in [7, 11) is 0. The summed E-state index contributed by atoms with van der Waals surface area (Å²) in [6.45, 7) is 1.06. The third-order valence-electron chi connectivity index (χ3n) is 3.14. The molecule has 1 aliphatic heterocycles. The summed E-state index contributed by atoms with van der Waals surface area (Å²) in [6.07, 6.45) is 3.24. The van der Waals surface area contributed by atoms with E-state index in [2.05, 4.69) is 15.6 Å². The molecule has 1 aromatic rings. The highest BCUT2D eigenvalue weighted by Crippen LogP contribution is 2.17. The highest BCUT2D eigenvalue weighted by molar-refractivity contribution is 5.83. The molecule has 20 heavy (non-hydrogen) atoms. The molecule has 0 aromatic carbocycles. The van der Waals surface area contributed by atoms with Crippen molar-refractivity contribution in [2.24, 2.45) is 0 Å². The molecule has 0 bridgehead atoms. The van der Waals surface area contributed by atoms with Gasteiger partial charge in [0, 0.05) is 32.3 Å². The van der Waals surface area contributed by atoms with Crippen molar-refractivity contribution < 1.29 is 19.8 Å². The summed E-state index contributed by atoms with van der Waals surface area (Å²) >= 11 is 0. The summed E-state index contributed by atoms with van der Waals surface area (Å²) in [5.74, 6) is -1.10. The van der Waals surface area contributed by atoms with Crippen molar-refractivity contribution in [3.63, 3.8) is 0 Å². The van der Waals surface area contributed by atoms with Crippen LogP contribution in [-0.2, 0) is 11.3 Å². The number of carboxylic acids is 1. The predicted molar refractivity (Wildman–Crippen MR) is 66.8 cm³/mol. The van der Waals surface area contributed by atoms with Crippen molar-refractivity contribution in [1.29, 1.82) is 0 Å². The standard InChI is InChI=1S/C11H17N5O4/c17-8-6-9(10(18)19)16(7-8)11(20)12-2-1-4-15-5-3-13-14-15/h3,5,8-9,17H,1-2,4,6-7H2,(H,12,20)(H,18,19)/t8?,9-/m0/s1. The van der Waals surface area contributed by atoms with E-state index in [0.717, 1.165) is 4.90 Å². The molecule has 0 saturated carbocycles. The molecule has 0 aliphatic carbocycles. The number of amides is 2. The van der Waals surface area contributed by atoms with E-state index >= 15 is 0 Å². The monoisotopic (exact) mass is 283 g/mol. The van der Waals surface area contributed by atoms with Gasteiger partial charge in [-0.25, -0.2) is 9.59 Å². The smallest absolute Gasteiger partial charge is 0.326 e. The number of nitrogens with one attached hydrogen (secondary N) is 1. The lowest BCUT2D eigenvalue weighted by molar-refractivity contribution is -0.141. The number of hydrogen-bond acceptors (Lipinski definition) is 5. The predicted octanol–water partition coefficient (Wildman–Crippen LogP) is -1.10. The van der Waals surface area contributed by atoms with Crippen LogP contribution < -0.4 is 5.32 Å².